The molecule has 3 nitrogen and oxygen atoms in total. The summed E-state index contributed by atoms with van der Waals surface area (Å²) in [5, 5.41) is 13.0. The van der Waals surface area contributed by atoms with Gasteiger partial charge in [0.1, 0.15) is 5.75 Å². The number of hydrogen-bond donors (Lipinski definition) is 1. The molecule has 20 heavy (non-hydrogen) atoms. The van der Waals surface area contributed by atoms with Gasteiger partial charge in [0.05, 0.1) is 10.7 Å². The molecule has 1 heterocycles. The Morgan fingerprint density at radius 3 is 2.95 bits per heavy atom. The Kier molecular flexibility index (Phi) is 2.54. The normalized spacial score (nSPS) is 19.6. The van der Waals surface area contributed by atoms with Gasteiger partial charge >= 0.3 is 0 Å². The molecule has 0 radical (unpaired) electrons. The second-order valence-corrected chi connectivity index (χ2v) is 6.25. The fraction of sp³-hybridized carbons (Fsp3) is 0.250. The predicted molar refractivity (Wildman–Crippen MR) is 78.2 cm³/mol. The number of rotatable bonds is 2. The highest BCUT2D eigenvalue weighted by Gasteiger charge is 2.28. The average Bonchev–Trinajstić information content (AvgIpc) is 3.11. The zero-order valence-electron chi connectivity index (χ0n) is 10.8. The molecule has 1 saturated carbocycles. The number of carbonyl (C=O) groups excluding carboxylic acids is 1. The van der Waals surface area contributed by atoms with Crippen LogP contribution in [-0.2, 0) is 6.42 Å². The lowest BCUT2D eigenvalue weighted by Gasteiger charge is -1.97. The van der Waals surface area contributed by atoms with Crippen molar-refractivity contribution >= 4 is 23.2 Å². The van der Waals surface area contributed by atoms with E-state index in [9.17, 15) is 9.90 Å². The zero-order valence-corrected chi connectivity index (χ0v) is 11.6. The van der Waals surface area contributed by atoms with Crippen molar-refractivity contribution in [2.75, 3.05) is 0 Å². The van der Waals surface area contributed by atoms with E-state index in [4.69, 9.17) is 0 Å². The second kappa shape index (κ2) is 4.28. The summed E-state index contributed by atoms with van der Waals surface area (Å²) < 4.78 is 0. The molecule has 0 saturated heterocycles. The van der Waals surface area contributed by atoms with Gasteiger partial charge in [-0.1, -0.05) is 12.1 Å². The van der Waals surface area contributed by atoms with Gasteiger partial charge in [0.25, 0.3) is 0 Å². The Bertz CT molecular complexity index is 741. The molecule has 0 aliphatic heterocycles. The minimum Gasteiger partial charge on any atom is -0.508 e. The summed E-state index contributed by atoms with van der Waals surface area (Å²) in [4.78, 5) is 16.9. The van der Waals surface area contributed by atoms with E-state index in [-0.39, 0.29) is 11.5 Å². The van der Waals surface area contributed by atoms with E-state index < -0.39 is 0 Å². The molecular formula is C16H13NO2S. The van der Waals surface area contributed by atoms with Crippen molar-refractivity contribution in [3.8, 4) is 5.75 Å². The monoisotopic (exact) mass is 283 g/mol. The largest absolute Gasteiger partial charge is 0.508 e. The van der Waals surface area contributed by atoms with Gasteiger partial charge < -0.3 is 5.11 Å². The van der Waals surface area contributed by atoms with Gasteiger partial charge in [0.15, 0.2) is 5.78 Å². The number of nitrogens with zero attached hydrogens (tertiary/aromatic N) is 1. The average molecular weight is 283 g/mol. The number of Topliss-reactive ketones (excluding diaryl/α,β-unsaturated/α-hetero) is 1. The molecule has 4 heteroatoms. The number of benzene rings is 1. The lowest BCUT2D eigenvalue weighted by atomic mass is 10.1. The molecule has 2 aromatic rings. The fourth-order valence-corrected chi connectivity index (χ4v) is 3.55. The Labute approximate surface area is 120 Å². The summed E-state index contributed by atoms with van der Waals surface area (Å²) in [6, 6.07) is 5.11. The predicted octanol–water partition coefficient (Wildman–Crippen LogP) is 3.55. The van der Waals surface area contributed by atoms with E-state index in [1.54, 1.807) is 29.5 Å². The molecule has 0 bridgehead atoms. The number of fused-ring (bicyclic) bond motifs is 1. The van der Waals surface area contributed by atoms with Gasteiger partial charge in [-0.3, -0.25) is 4.79 Å². The first-order chi connectivity index (χ1) is 9.72. The fourth-order valence-electron chi connectivity index (χ4n) is 2.60. The molecule has 1 N–H and O–H groups in total. The SMILES string of the molecule is O=C1C(=Cc2csc(C3CC3)n2)Cc2c(O)cccc21. The number of thiazole rings is 1. The van der Waals surface area contributed by atoms with Crippen molar-refractivity contribution in [1.29, 1.82) is 0 Å². The van der Waals surface area contributed by atoms with E-state index in [2.05, 4.69) is 4.98 Å². The van der Waals surface area contributed by atoms with Gasteiger partial charge in [-0.05, 0) is 25.0 Å². The van der Waals surface area contributed by atoms with Crippen LogP contribution in [-0.4, -0.2) is 15.9 Å². The maximum Gasteiger partial charge on any atom is 0.189 e. The number of phenolic OH excluding ortho intramolecular Hbond substituents is 1. The highest BCUT2D eigenvalue weighted by Crippen LogP contribution is 2.41. The molecule has 0 spiro atoms. The third kappa shape index (κ3) is 1.88. The van der Waals surface area contributed by atoms with Crippen molar-refractivity contribution in [3.05, 3.63) is 51.0 Å². The number of allylic oxidation sites excluding steroid dienone is 1. The Balaban J connectivity index is 1.68. The Morgan fingerprint density at radius 2 is 2.20 bits per heavy atom. The van der Waals surface area contributed by atoms with Crippen LogP contribution in [0.15, 0.2) is 29.2 Å². The number of hydrogen-bond acceptors (Lipinski definition) is 4. The van der Waals surface area contributed by atoms with E-state index in [1.165, 1.54) is 17.8 Å². The van der Waals surface area contributed by atoms with Crippen LogP contribution in [0.1, 0.15) is 45.4 Å². The van der Waals surface area contributed by atoms with E-state index in [0.29, 0.717) is 23.5 Å². The van der Waals surface area contributed by atoms with Gasteiger partial charge in [-0.2, -0.15) is 0 Å². The van der Waals surface area contributed by atoms with Gasteiger partial charge in [0.2, 0.25) is 0 Å². The first-order valence-corrected chi connectivity index (χ1v) is 7.62. The quantitative estimate of drug-likeness (QED) is 0.857. The molecule has 100 valence electrons. The van der Waals surface area contributed by atoms with Crippen molar-refractivity contribution in [3.63, 3.8) is 0 Å². The smallest absolute Gasteiger partial charge is 0.189 e. The van der Waals surface area contributed by atoms with E-state index in [1.807, 2.05) is 11.5 Å². The van der Waals surface area contributed by atoms with Crippen molar-refractivity contribution in [2.24, 2.45) is 0 Å². The van der Waals surface area contributed by atoms with Crippen molar-refractivity contribution < 1.29 is 9.90 Å². The third-order valence-corrected chi connectivity index (χ3v) is 4.87. The maximum atomic E-state index is 12.3. The lowest BCUT2D eigenvalue weighted by molar-refractivity contribution is 0.104. The van der Waals surface area contributed by atoms with Crippen LogP contribution < -0.4 is 0 Å². The van der Waals surface area contributed by atoms with Crippen molar-refractivity contribution in [1.82, 2.24) is 4.98 Å². The standard InChI is InChI=1S/C16H13NO2S/c18-14-3-1-2-12-13(14)7-10(15(12)19)6-11-8-20-16(17-11)9-4-5-9/h1-3,6,8-9,18H,4-5,7H2. The van der Waals surface area contributed by atoms with Gasteiger partial charge in [0, 0.05) is 34.4 Å². The van der Waals surface area contributed by atoms with Crippen LogP contribution in [0.2, 0.25) is 0 Å². The zero-order chi connectivity index (χ0) is 13.7. The topological polar surface area (TPSA) is 50.2 Å². The van der Waals surface area contributed by atoms with Crippen LogP contribution in [0, 0.1) is 0 Å². The molecular weight excluding hydrogens is 270 g/mol. The van der Waals surface area contributed by atoms with E-state index >= 15 is 0 Å². The molecule has 0 atom stereocenters. The minimum atomic E-state index is 0.0110. The van der Waals surface area contributed by atoms with Crippen LogP contribution in [0.25, 0.3) is 6.08 Å². The van der Waals surface area contributed by atoms with E-state index in [0.717, 1.165) is 11.3 Å². The van der Waals surface area contributed by atoms with Crippen molar-refractivity contribution in [2.45, 2.75) is 25.2 Å². The Morgan fingerprint density at radius 1 is 1.35 bits per heavy atom. The van der Waals surface area contributed by atoms with Gasteiger partial charge in [-0.25, -0.2) is 4.98 Å². The number of aromatic nitrogens is 1. The Hall–Kier alpha value is -1.94. The molecule has 0 unspecified atom stereocenters. The molecule has 1 fully saturated rings. The molecule has 4 rings (SSSR count). The number of carbonyl (C=O) groups is 1. The summed E-state index contributed by atoms with van der Waals surface area (Å²) in [5.41, 5.74) is 2.94. The highest BCUT2D eigenvalue weighted by molar-refractivity contribution is 7.09. The van der Waals surface area contributed by atoms with Crippen LogP contribution in [0.5, 0.6) is 5.75 Å². The molecule has 2 aliphatic rings. The maximum absolute atomic E-state index is 12.3. The molecule has 0 amide bonds. The lowest BCUT2D eigenvalue weighted by Crippen LogP contribution is -1.95. The summed E-state index contributed by atoms with van der Waals surface area (Å²) >= 11 is 1.68. The second-order valence-electron chi connectivity index (χ2n) is 5.36. The summed E-state index contributed by atoms with van der Waals surface area (Å²) in [5.74, 6) is 0.862. The third-order valence-electron chi connectivity index (χ3n) is 3.84. The summed E-state index contributed by atoms with van der Waals surface area (Å²) in [7, 11) is 0. The molecule has 1 aromatic heterocycles. The van der Waals surface area contributed by atoms with Crippen LogP contribution >= 0.6 is 11.3 Å². The number of phenols is 1. The highest BCUT2D eigenvalue weighted by atomic mass is 32.1. The van der Waals surface area contributed by atoms with Gasteiger partial charge in [-0.15, -0.1) is 11.3 Å². The van der Waals surface area contributed by atoms with Crippen LogP contribution in [0.3, 0.4) is 0 Å². The minimum absolute atomic E-state index is 0.0110. The van der Waals surface area contributed by atoms with Crippen LogP contribution in [0.4, 0.5) is 0 Å². The first-order valence-electron chi connectivity index (χ1n) is 6.74. The summed E-state index contributed by atoms with van der Waals surface area (Å²) in [6.45, 7) is 0. The summed E-state index contributed by atoms with van der Waals surface area (Å²) in [6.07, 6.45) is 4.84. The molecule has 2 aliphatic carbocycles. The molecule has 1 aromatic carbocycles. The number of aromatic hydroxyl groups is 1. The number of ketones is 1. The first kappa shape index (κ1) is 11.9.